The molecule has 0 fully saturated rings. The fourth-order valence-corrected chi connectivity index (χ4v) is 1.59. The van der Waals surface area contributed by atoms with Crippen LogP contribution < -0.4 is 4.74 Å². The van der Waals surface area contributed by atoms with Gasteiger partial charge in [0.2, 0.25) is 0 Å². The van der Waals surface area contributed by atoms with E-state index in [1.54, 1.807) is 7.11 Å². The summed E-state index contributed by atoms with van der Waals surface area (Å²) in [6.07, 6.45) is 1.52. The van der Waals surface area contributed by atoms with Gasteiger partial charge in [0, 0.05) is 12.0 Å². The molecule has 0 heterocycles. The minimum atomic E-state index is 0.206. The van der Waals surface area contributed by atoms with Crippen LogP contribution in [0.25, 0.3) is 0 Å². The lowest BCUT2D eigenvalue weighted by Gasteiger charge is -2.12. The molecule has 0 aliphatic carbocycles. The van der Waals surface area contributed by atoms with Crippen molar-refractivity contribution in [3.05, 3.63) is 29.8 Å². The van der Waals surface area contributed by atoms with Crippen molar-refractivity contribution < 1.29 is 9.53 Å². The van der Waals surface area contributed by atoms with E-state index < -0.39 is 0 Å². The van der Waals surface area contributed by atoms with E-state index in [1.807, 2.05) is 24.3 Å². The molecular weight excluding hydrogens is 214 g/mol. The number of nitrogens with zero attached hydrogens (tertiary/aromatic N) is 1. The van der Waals surface area contributed by atoms with E-state index in [1.165, 1.54) is 0 Å². The Morgan fingerprint density at radius 2 is 1.94 bits per heavy atom. The summed E-state index contributed by atoms with van der Waals surface area (Å²) in [6.45, 7) is 4.11. The molecule has 0 spiro atoms. The number of ketones is 1. The molecule has 0 N–H and O–H groups in total. The lowest BCUT2D eigenvalue weighted by Crippen LogP contribution is -2.19. The minimum absolute atomic E-state index is 0.206. The normalized spacial score (nSPS) is 10.6. The SMILES string of the molecule is CCN(C)CCCC(=O)c1ccc(OC)cc1. The molecule has 0 aliphatic rings. The van der Waals surface area contributed by atoms with Crippen molar-refractivity contribution in [2.75, 3.05) is 27.2 Å². The maximum Gasteiger partial charge on any atom is 0.162 e. The topological polar surface area (TPSA) is 29.5 Å². The van der Waals surface area contributed by atoms with Crippen LogP contribution >= 0.6 is 0 Å². The zero-order valence-electron chi connectivity index (χ0n) is 10.9. The largest absolute Gasteiger partial charge is 0.497 e. The van der Waals surface area contributed by atoms with Crippen molar-refractivity contribution >= 4 is 5.78 Å². The number of rotatable bonds is 7. The first-order valence-electron chi connectivity index (χ1n) is 6.03. The second-order valence-electron chi connectivity index (χ2n) is 4.15. The first-order chi connectivity index (χ1) is 8.17. The maximum absolute atomic E-state index is 11.9. The summed E-state index contributed by atoms with van der Waals surface area (Å²) in [6, 6.07) is 7.30. The standard InChI is InChI=1S/C14H21NO2/c1-4-15(2)11-5-6-14(16)12-7-9-13(17-3)10-8-12/h7-10H,4-6,11H2,1-3H3. The van der Waals surface area contributed by atoms with E-state index in [0.29, 0.717) is 6.42 Å². The number of methoxy groups -OCH3 is 1. The van der Waals surface area contributed by atoms with Gasteiger partial charge < -0.3 is 9.64 Å². The summed E-state index contributed by atoms with van der Waals surface area (Å²) in [5, 5.41) is 0. The smallest absolute Gasteiger partial charge is 0.162 e. The van der Waals surface area contributed by atoms with E-state index in [0.717, 1.165) is 30.8 Å². The summed E-state index contributed by atoms with van der Waals surface area (Å²) >= 11 is 0. The Hall–Kier alpha value is -1.35. The van der Waals surface area contributed by atoms with E-state index in [2.05, 4.69) is 18.9 Å². The van der Waals surface area contributed by atoms with Crippen molar-refractivity contribution in [1.29, 1.82) is 0 Å². The van der Waals surface area contributed by atoms with Crippen molar-refractivity contribution in [3.63, 3.8) is 0 Å². The number of carbonyl (C=O) groups is 1. The fraction of sp³-hybridized carbons (Fsp3) is 0.500. The van der Waals surface area contributed by atoms with Crippen LogP contribution in [0.2, 0.25) is 0 Å². The molecule has 1 aromatic carbocycles. The number of hydrogen-bond acceptors (Lipinski definition) is 3. The number of benzene rings is 1. The lowest BCUT2D eigenvalue weighted by atomic mass is 10.1. The average molecular weight is 235 g/mol. The summed E-state index contributed by atoms with van der Waals surface area (Å²) in [5.74, 6) is 0.990. The molecule has 0 amide bonds. The molecule has 0 atom stereocenters. The Bertz CT molecular complexity index is 346. The predicted octanol–water partition coefficient (Wildman–Crippen LogP) is 2.61. The Morgan fingerprint density at radius 1 is 1.29 bits per heavy atom. The molecular formula is C14H21NO2. The Balaban J connectivity index is 2.41. The van der Waals surface area contributed by atoms with Gasteiger partial charge >= 0.3 is 0 Å². The summed E-state index contributed by atoms with van der Waals surface area (Å²) in [7, 11) is 3.69. The predicted molar refractivity (Wildman–Crippen MR) is 69.7 cm³/mol. The van der Waals surface area contributed by atoms with Crippen LogP contribution in [0.5, 0.6) is 5.75 Å². The second kappa shape index (κ2) is 7.07. The van der Waals surface area contributed by atoms with Gasteiger partial charge in [0.1, 0.15) is 5.75 Å². The second-order valence-corrected chi connectivity index (χ2v) is 4.15. The molecule has 17 heavy (non-hydrogen) atoms. The first-order valence-corrected chi connectivity index (χ1v) is 6.03. The first kappa shape index (κ1) is 13.7. The summed E-state index contributed by atoms with van der Waals surface area (Å²) < 4.78 is 5.06. The van der Waals surface area contributed by atoms with Crippen molar-refractivity contribution in [2.24, 2.45) is 0 Å². The van der Waals surface area contributed by atoms with Crippen LogP contribution in [-0.2, 0) is 0 Å². The zero-order chi connectivity index (χ0) is 12.7. The van der Waals surface area contributed by atoms with Crippen LogP contribution in [-0.4, -0.2) is 37.9 Å². The van der Waals surface area contributed by atoms with E-state index in [-0.39, 0.29) is 5.78 Å². The highest BCUT2D eigenvalue weighted by molar-refractivity contribution is 5.96. The molecule has 0 saturated carbocycles. The quantitative estimate of drug-likeness (QED) is 0.680. The molecule has 0 aliphatic heterocycles. The van der Waals surface area contributed by atoms with Gasteiger partial charge in [-0.15, -0.1) is 0 Å². The highest BCUT2D eigenvalue weighted by atomic mass is 16.5. The third-order valence-corrected chi connectivity index (χ3v) is 2.90. The zero-order valence-corrected chi connectivity index (χ0v) is 10.9. The number of carbonyl (C=O) groups excluding carboxylic acids is 1. The van der Waals surface area contributed by atoms with Crippen molar-refractivity contribution in [1.82, 2.24) is 4.90 Å². The van der Waals surface area contributed by atoms with Gasteiger partial charge in [-0.05, 0) is 50.8 Å². The van der Waals surface area contributed by atoms with Gasteiger partial charge in [-0.3, -0.25) is 4.79 Å². The van der Waals surface area contributed by atoms with Crippen LogP contribution in [0.3, 0.4) is 0 Å². The third kappa shape index (κ3) is 4.57. The molecule has 0 bridgehead atoms. The van der Waals surface area contributed by atoms with Gasteiger partial charge in [0.15, 0.2) is 5.78 Å². The Kier molecular flexibility index (Phi) is 5.70. The van der Waals surface area contributed by atoms with Crippen LogP contribution in [0, 0.1) is 0 Å². The van der Waals surface area contributed by atoms with Gasteiger partial charge in [-0.2, -0.15) is 0 Å². The van der Waals surface area contributed by atoms with E-state index in [9.17, 15) is 4.79 Å². The number of hydrogen-bond donors (Lipinski definition) is 0. The Morgan fingerprint density at radius 3 is 2.47 bits per heavy atom. The molecule has 0 radical (unpaired) electrons. The number of ether oxygens (including phenoxy) is 1. The summed E-state index contributed by atoms with van der Waals surface area (Å²) in [5.41, 5.74) is 0.768. The molecule has 94 valence electrons. The van der Waals surface area contributed by atoms with Gasteiger partial charge in [-0.25, -0.2) is 0 Å². The molecule has 3 heteroatoms. The Labute approximate surface area is 103 Å². The van der Waals surface area contributed by atoms with Crippen LogP contribution in [0.1, 0.15) is 30.1 Å². The molecule has 0 aromatic heterocycles. The monoisotopic (exact) mass is 235 g/mol. The average Bonchev–Trinajstić information content (AvgIpc) is 2.38. The minimum Gasteiger partial charge on any atom is -0.497 e. The van der Waals surface area contributed by atoms with Crippen molar-refractivity contribution in [2.45, 2.75) is 19.8 Å². The van der Waals surface area contributed by atoms with E-state index in [4.69, 9.17) is 4.74 Å². The molecule has 1 rings (SSSR count). The maximum atomic E-state index is 11.9. The molecule has 3 nitrogen and oxygen atoms in total. The fourth-order valence-electron chi connectivity index (χ4n) is 1.59. The third-order valence-electron chi connectivity index (χ3n) is 2.90. The molecule has 0 unspecified atom stereocenters. The van der Waals surface area contributed by atoms with Crippen LogP contribution in [0.15, 0.2) is 24.3 Å². The molecule has 0 saturated heterocycles. The van der Waals surface area contributed by atoms with Crippen molar-refractivity contribution in [3.8, 4) is 5.75 Å². The summed E-state index contributed by atoms with van der Waals surface area (Å²) in [4.78, 5) is 14.1. The van der Waals surface area contributed by atoms with E-state index >= 15 is 0 Å². The van der Waals surface area contributed by atoms with Gasteiger partial charge in [0.25, 0.3) is 0 Å². The number of Topliss-reactive ketones (excluding diaryl/α,β-unsaturated/α-hetero) is 1. The molecule has 1 aromatic rings. The highest BCUT2D eigenvalue weighted by Crippen LogP contribution is 2.13. The van der Waals surface area contributed by atoms with Gasteiger partial charge in [0.05, 0.1) is 7.11 Å². The highest BCUT2D eigenvalue weighted by Gasteiger charge is 2.06. The van der Waals surface area contributed by atoms with Gasteiger partial charge in [-0.1, -0.05) is 6.92 Å². The lowest BCUT2D eigenvalue weighted by molar-refractivity contribution is 0.0976. The van der Waals surface area contributed by atoms with Crippen LogP contribution in [0.4, 0.5) is 0 Å².